The van der Waals surface area contributed by atoms with Gasteiger partial charge in [-0.2, -0.15) is 0 Å². The van der Waals surface area contributed by atoms with Crippen molar-refractivity contribution in [1.82, 2.24) is 0 Å². The number of aliphatic hydroxyl groups excluding tert-OH is 2. The van der Waals surface area contributed by atoms with Gasteiger partial charge in [-0.25, -0.2) is 0 Å². The third kappa shape index (κ3) is 60.6. The second-order valence-electron chi connectivity index (χ2n) is 11.8. The van der Waals surface area contributed by atoms with Crippen molar-refractivity contribution in [3.63, 3.8) is 0 Å². The fourth-order valence-corrected chi connectivity index (χ4v) is 2.96. The molecule has 2 rings (SSSR count). The van der Waals surface area contributed by atoms with Gasteiger partial charge in [-0.05, 0) is 102 Å². The van der Waals surface area contributed by atoms with E-state index in [9.17, 15) is 0 Å². The first-order chi connectivity index (χ1) is 25.3. The molecule has 0 spiro atoms. The van der Waals surface area contributed by atoms with Crippen molar-refractivity contribution >= 4 is 0 Å². The van der Waals surface area contributed by atoms with Crippen LogP contribution in [0.25, 0.3) is 0 Å². The van der Waals surface area contributed by atoms with Crippen LogP contribution < -0.4 is 0 Å². The van der Waals surface area contributed by atoms with Crippen LogP contribution in [0.2, 0.25) is 0 Å². The molecule has 0 amide bonds. The summed E-state index contributed by atoms with van der Waals surface area (Å²) in [4.78, 5) is 0. The molecule has 0 saturated carbocycles. The molecule has 0 radical (unpaired) electrons. The van der Waals surface area contributed by atoms with Crippen molar-refractivity contribution in [1.29, 1.82) is 0 Å². The zero-order chi connectivity index (χ0) is 41.7. The van der Waals surface area contributed by atoms with Crippen LogP contribution in [0, 0.1) is 5.92 Å². The van der Waals surface area contributed by atoms with E-state index in [-0.39, 0.29) is 18.5 Å². The van der Waals surface area contributed by atoms with E-state index >= 15 is 0 Å². The molecule has 306 valence electrons. The number of allylic oxidation sites excluding steroid dienone is 14. The average Bonchev–Trinajstić information content (AvgIpc) is 4.05. The molecule has 0 aromatic heterocycles. The van der Waals surface area contributed by atoms with E-state index in [1.54, 1.807) is 42.5 Å². The summed E-state index contributed by atoms with van der Waals surface area (Å²) in [7, 11) is 0. The van der Waals surface area contributed by atoms with Gasteiger partial charge in [-0.15, -0.1) is 0 Å². The first-order valence-corrected chi connectivity index (χ1v) is 18.9. The number of hydrogen-bond acceptors (Lipinski definition) is 7. The lowest BCUT2D eigenvalue weighted by Gasteiger charge is -2.09. The van der Waals surface area contributed by atoms with E-state index in [0.29, 0.717) is 25.4 Å². The zero-order valence-corrected chi connectivity index (χ0v) is 35.8. The highest BCUT2D eigenvalue weighted by atomic mass is 16.6. The molecule has 2 fully saturated rings. The summed E-state index contributed by atoms with van der Waals surface area (Å²) in [6.45, 7) is 41.6. The van der Waals surface area contributed by atoms with Crippen molar-refractivity contribution in [2.75, 3.05) is 33.0 Å². The Labute approximate surface area is 327 Å². The summed E-state index contributed by atoms with van der Waals surface area (Å²) >= 11 is 0. The van der Waals surface area contributed by atoms with E-state index in [0.717, 1.165) is 36.4 Å². The number of epoxide rings is 2. The highest BCUT2D eigenvalue weighted by molar-refractivity contribution is 5.17. The second kappa shape index (κ2) is 48.2. The molecule has 2 aliphatic rings. The van der Waals surface area contributed by atoms with Crippen LogP contribution in [-0.2, 0) is 23.7 Å². The van der Waals surface area contributed by atoms with Crippen molar-refractivity contribution in [3.05, 3.63) is 134 Å². The molecule has 2 heterocycles. The van der Waals surface area contributed by atoms with Gasteiger partial charge in [0.1, 0.15) is 42.4 Å². The largest absolute Gasteiger partial charge is 0.508 e. The minimum Gasteiger partial charge on any atom is -0.508 e. The van der Waals surface area contributed by atoms with Crippen molar-refractivity contribution in [2.24, 2.45) is 5.92 Å². The van der Waals surface area contributed by atoms with Gasteiger partial charge in [0.25, 0.3) is 0 Å². The van der Waals surface area contributed by atoms with Gasteiger partial charge in [-0.1, -0.05) is 117 Å². The fourth-order valence-electron chi connectivity index (χ4n) is 2.96. The molecule has 2 aliphatic heterocycles. The Morgan fingerprint density at radius 3 is 1.47 bits per heavy atom. The third-order valence-electron chi connectivity index (χ3n) is 5.04. The smallest absolute Gasteiger partial charge is 0.119 e. The zero-order valence-electron chi connectivity index (χ0n) is 35.8. The molecule has 2 saturated heterocycles. The lowest BCUT2D eigenvalue weighted by molar-refractivity contribution is 0.152. The van der Waals surface area contributed by atoms with E-state index in [4.69, 9.17) is 33.9 Å². The summed E-state index contributed by atoms with van der Waals surface area (Å²) in [5.41, 5.74) is 0. The predicted molar refractivity (Wildman–Crippen MR) is 232 cm³/mol. The molecule has 2 N–H and O–H groups in total. The fraction of sp³-hybridized carbons (Fsp3) is 0.522. The van der Waals surface area contributed by atoms with Crippen molar-refractivity contribution in [3.8, 4) is 0 Å². The van der Waals surface area contributed by atoms with Gasteiger partial charge in [0.05, 0.1) is 32.0 Å². The minimum atomic E-state index is 0.0338. The van der Waals surface area contributed by atoms with Gasteiger partial charge in [0.2, 0.25) is 0 Å². The molecule has 2 unspecified atom stereocenters. The van der Waals surface area contributed by atoms with Gasteiger partial charge < -0.3 is 33.9 Å². The maximum absolute atomic E-state index is 8.75. The van der Waals surface area contributed by atoms with Crippen molar-refractivity contribution in [2.45, 2.75) is 121 Å². The Bertz CT molecular complexity index is 1050. The van der Waals surface area contributed by atoms with Crippen LogP contribution >= 0.6 is 0 Å². The average molecular weight is 745 g/mol. The summed E-state index contributed by atoms with van der Waals surface area (Å²) in [6, 6.07) is 0. The van der Waals surface area contributed by atoms with Crippen LogP contribution in [-0.4, -0.2) is 61.6 Å². The predicted octanol–water partition coefficient (Wildman–Crippen LogP) is 12.6. The number of ether oxygens (including phenoxy) is 5. The Balaban J connectivity index is -0.000000176. The lowest BCUT2D eigenvalue weighted by atomic mass is 10.1. The number of aliphatic hydroxyl groups is 2. The van der Waals surface area contributed by atoms with Gasteiger partial charge >= 0.3 is 0 Å². The molecular formula is C46H80O7. The Kier molecular flexibility index (Phi) is 53.2. The molecule has 0 bridgehead atoms. The summed E-state index contributed by atoms with van der Waals surface area (Å²) < 4.78 is 25.8. The van der Waals surface area contributed by atoms with Crippen LogP contribution in [0.1, 0.15) is 102 Å². The van der Waals surface area contributed by atoms with E-state index < -0.39 is 0 Å². The second-order valence-corrected chi connectivity index (χ2v) is 11.8. The topological polar surface area (TPSA) is 93.2 Å². The maximum atomic E-state index is 8.75. The van der Waals surface area contributed by atoms with Gasteiger partial charge in [-0.3, -0.25) is 0 Å². The molecule has 53 heavy (non-hydrogen) atoms. The first kappa shape index (κ1) is 58.5. The van der Waals surface area contributed by atoms with Crippen LogP contribution in [0.15, 0.2) is 134 Å². The lowest BCUT2D eigenvalue weighted by Crippen LogP contribution is -2.00. The highest BCUT2D eigenvalue weighted by Crippen LogP contribution is 2.18. The number of rotatable bonds is 17. The molecule has 0 aromatic carbocycles. The highest BCUT2D eigenvalue weighted by Gasteiger charge is 2.23. The summed E-state index contributed by atoms with van der Waals surface area (Å²) in [6.07, 6.45) is 29.4. The van der Waals surface area contributed by atoms with Gasteiger partial charge in [0, 0.05) is 0 Å². The summed E-state index contributed by atoms with van der Waals surface area (Å²) in [5.74, 6) is 3.46. The van der Waals surface area contributed by atoms with E-state index in [1.165, 1.54) is 31.4 Å². The first-order valence-electron chi connectivity index (χ1n) is 18.9. The summed E-state index contributed by atoms with van der Waals surface area (Å²) in [5, 5.41) is 17.2. The van der Waals surface area contributed by atoms with Gasteiger partial charge in [0.15, 0.2) is 0 Å². The Morgan fingerprint density at radius 2 is 1.15 bits per heavy atom. The number of hydrogen-bond donors (Lipinski definition) is 2. The van der Waals surface area contributed by atoms with E-state index in [1.807, 2.05) is 71.9 Å². The Hall–Kier alpha value is -3.78. The van der Waals surface area contributed by atoms with Crippen LogP contribution in [0.4, 0.5) is 0 Å². The molecule has 7 heteroatoms. The SMILES string of the molecule is C/C=C\C(=C/C)OC(C)C.C=C/C=C(O)\C=C/C.C=C/C=C(\C=C)OCC1CO1.C=C/C=C(\C=C/C)OCCO.CC(C)CC1CO1.CCC.CCC. The molecular weight excluding hydrogens is 664 g/mol. The molecule has 7 nitrogen and oxygen atoms in total. The molecule has 2 atom stereocenters. The monoisotopic (exact) mass is 745 g/mol. The molecule has 0 aromatic rings. The quantitative estimate of drug-likeness (QED) is 0.0870. The molecule has 0 aliphatic carbocycles. The van der Waals surface area contributed by atoms with Crippen LogP contribution in [0.3, 0.4) is 0 Å². The van der Waals surface area contributed by atoms with Crippen molar-refractivity contribution < 1.29 is 33.9 Å². The third-order valence-corrected chi connectivity index (χ3v) is 5.04. The Morgan fingerprint density at radius 1 is 0.698 bits per heavy atom. The maximum Gasteiger partial charge on any atom is 0.119 e. The standard InChI is InChI=1S/C9H12O2.C9H14O2.C9H16O.C7H10O.C6H12O.2C3H8/c1-3-5-8(4-2)10-6-9-7-11-9;1-3-5-9(6-4-2)11-8-7-10;1-5-7-9(6-2)10-8(3)4;1-3-5-7(8)6-4-2;1-5(2)3-6-4-7-6;2*1-3-2/h3-5,9H,1-2,6-7H2;3-6,10H,1,7-8H2,2H3;5-8H,1-4H3;3-6,8H,1H2,2H3;5-6H,3-4H2,1-2H3;2*3H2,1-2H3/b8-5+;6-4-,9-5+;7-5-,9-6+;6-4-,7-5+;;;. The normalized spacial score (nSPS) is 16.0. The van der Waals surface area contributed by atoms with E-state index in [2.05, 4.69) is 67.9 Å². The van der Waals surface area contributed by atoms with Crippen LogP contribution in [0.5, 0.6) is 0 Å². The minimum absolute atomic E-state index is 0.0338.